The molecule has 3 aromatic rings. The van der Waals surface area contributed by atoms with Gasteiger partial charge < -0.3 is 24.1 Å². The lowest BCUT2D eigenvalue weighted by Gasteiger charge is -2.43. The molecular weight excluding hydrogens is 627 g/mol. The van der Waals surface area contributed by atoms with Gasteiger partial charge in [0.1, 0.15) is 24.1 Å². The van der Waals surface area contributed by atoms with Gasteiger partial charge in [0.05, 0.1) is 18.1 Å². The zero-order valence-corrected chi connectivity index (χ0v) is 23.4. The summed E-state index contributed by atoms with van der Waals surface area (Å²) in [6.07, 6.45) is -4.64. The van der Waals surface area contributed by atoms with Gasteiger partial charge in [-0.2, -0.15) is 8.42 Å². The van der Waals surface area contributed by atoms with E-state index in [1.807, 2.05) is 30.3 Å². The second kappa shape index (κ2) is 12.5. The van der Waals surface area contributed by atoms with E-state index in [0.29, 0.717) is 5.75 Å². The lowest BCUT2D eigenvalue weighted by molar-refractivity contribution is -0.287. The van der Waals surface area contributed by atoms with Crippen molar-refractivity contribution in [1.29, 1.82) is 0 Å². The maximum atomic E-state index is 13.0. The third-order valence-electron chi connectivity index (χ3n) is 5.79. The predicted molar refractivity (Wildman–Crippen MR) is 147 cm³/mol. The number of hydrogen-bond acceptors (Lipinski definition) is 9. The van der Waals surface area contributed by atoms with Crippen molar-refractivity contribution in [3.63, 3.8) is 0 Å². The highest BCUT2D eigenvalue weighted by molar-refractivity contribution is 14.1. The van der Waals surface area contributed by atoms with Gasteiger partial charge in [-0.15, -0.1) is 6.58 Å². The van der Waals surface area contributed by atoms with Gasteiger partial charge in [0.25, 0.3) is 10.1 Å². The van der Waals surface area contributed by atoms with E-state index in [2.05, 4.69) is 29.2 Å². The van der Waals surface area contributed by atoms with Crippen LogP contribution in [0, 0.1) is 3.57 Å². The van der Waals surface area contributed by atoms with E-state index in [1.165, 1.54) is 25.1 Å². The van der Waals surface area contributed by atoms with Crippen LogP contribution in [0.25, 0.3) is 10.8 Å². The fraction of sp³-hybridized carbons (Fsp3) is 0.296. The largest absolute Gasteiger partial charge is 0.461 e. The van der Waals surface area contributed by atoms with Gasteiger partial charge in [-0.25, -0.2) is 0 Å². The predicted octanol–water partition coefficient (Wildman–Crippen LogP) is 3.82. The highest BCUT2D eigenvalue weighted by Crippen LogP contribution is 2.30. The molecular formula is C27H27IO9S. The smallest absolute Gasteiger partial charge is 0.303 e. The number of ether oxygens (including phenoxy) is 4. The van der Waals surface area contributed by atoms with Crippen LogP contribution >= 0.6 is 22.6 Å². The molecule has 1 saturated heterocycles. The summed E-state index contributed by atoms with van der Waals surface area (Å²) in [4.78, 5) is 11.8. The van der Waals surface area contributed by atoms with Gasteiger partial charge in [-0.1, -0.05) is 36.4 Å². The monoisotopic (exact) mass is 654 g/mol. The van der Waals surface area contributed by atoms with E-state index in [0.717, 1.165) is 14.3 Å². The first kappa shape index (κ1) is 28.5. The number of aliphatic hydroxyl groups excluding tert-OH is 1. The minimum absolute atomic E-state index is 0.0265. The van der Waals surface area contributed by atoms with Gasteiger partial charge >= 0.3 is 5.97 Å². The molecule has 1 aliphatic heterocycles. The molecule has 0 aliphatic carbocycles. The topological polar surface area (TPSA) is 118 Å². The number of benzene rings is 3. The van der Waals surface area contributed by atoms with Crippen LogP contribution < -0.4 is 4.74 Å². The van der Waals surface area contributed by atoms with Crippen LogP contribution in [0.3, 0.4) is 0 Å². The number of rotatable bonds is 10. The Morgan fingerprint density at radius 2 is 1.79 bits per heavy atom. The van der Waals surface area contributed by atoms with Crippen molar-refractivity contribution in [3.8, 4) is 5.75 Å². The summed E-state index contributed by atoms with van der Waals surface area (Å²) >= 11 is 2.15. The highest BCUT2D eigenvalue weighted by atomic mass is 127. The van der Waals surface area contributed by atoms with Gasteiger partial charge in [-0.05, 0) is 69.8 Å². The number of aliphatic hydroxyl groups is 1. The van der Waals surface area contributed by atoms with Gasteiger partial charge in [0.2, 0.25) is 6.29 Å². The van der Waals surface area contributed by atoms with E-state index in [4.69, 9.17) is 23.1 Å². The fourth-order valence-corrected chi connectivity index (χ4v) is 5.32. The zero-order valence-electron chi connectivity index (χ0n) is 20.4. The molecule has 0 radical (unpaired) electrons. The Hall–Kier alpha value is -2.55. The normalized spacial score (nSPS) is 23.6. The standard InChI is InChI=1S/C27H27IO9S/c1-3-14-33-25-24(30)23(16-34-38(31,32)22-13-8-18-6-4-5-7-19(18)15-22)37-27(26(25)35-17(2)29)36-21-11-9-20(28)10-12-21/h3-13,15,23-27,30H,1,14,16H2,2H3/t23-,24+,25-,26-,27+/m0/s1. The summed E-state index contributed by atoms with van der Waals surface area (Å²) in [6.45, 7) is 4.31. The summed E-state index contributed by atoms with van der Waals surface area (Å²) in [5.41, 5.74) is 0. The molecule has 0 amide bonds. The molecule has 1 fully saturated rings. The van der Waals surface area contributed by atoms with Crippen molar-refractivity contribution in [1.82, 2.24) is 0 Å². The van der Waals surface area contributed by atoms with Crippen LogP contribution in [0.5, 0.6) is 5.75 Å². The molecule has 3 aromatic carbocycles. The van der Waals surface area contributed by atoms with E-state index < -0.39 is 53.4 Å². The minimum Gasteiger partial charge on any atom is -0.461 e. The Bertz CT molecular complexity index is 1380. The average molecular weight is 654 g/mol. The minimum atomic E-state index is -4.20. The number of fused-ring (bicyclic) bond motifs is 1. The molecule has 0 saturated carbocycles. The van der Waals surface area contributed by atoms with Crippen LogP contribution in [0.2, 0.25) is 0 Å². The molecule has 1 heterocycles. The molecule has 202 valence electrons. The molecule has 38 heavy (non-hydrogen) atoms. The first-order chi connectivity index (χ1) is 18.2. The van der Waals surface area contributed by atoms with E-state index in [9.17, 15) is 18.3 Å². The number of carbonyl (C=O) groups is 1. The molecule has 0 spiro atoms. The van der Waals surface area contributed by atoms with Crippen LogP contribution in [-0.2, 0) is 33.3 Å². The van der Waals surface area contributed by atoms with Crippen molar-refractivity contribution in [2.24, 2.45) is 0 Å². The summed E-state index contributed by atoms with van der Waals surface area (Å²) in [5.74, 6) is -0.224. The quantitative estimate of drug-likeness (QED) is 0.151. The van der Waals surface area contributed by atoms with Crippen LogP contribution in [0.15, 0.2) is 84.3 Å². The van der Waals surface area contributed by atoms with Crippen molar-refractivity contribution in [2.45, 2.75) is 42.5 Å². The van der Waals surface area contributed by atoms with Crippen molar-refractivity contribution in [3.05, 3.63) is 83.0 Å². The van der Waals surface area contributed by atoms with Crippen molar-refractivity contribution < 1.29 is 41.4 Å². The Kier molecular flexibility index (Phi) is 9.39. The molecule has 1 aliphatic rings. The number of halogens is 1. The molecule has 0 unspecified atom stereocenters. The number of carbonyl (C=O) groups excluding carboxylic acids is 1. The first-order valence-electron chi connectivity index (χ1n) is 11.7. The maximum absolute atomic E-state index is 13.0. The molecule has 0 aromatic heterocycles. The van der Waals surface area contributed by atoms with Crippen LogP contribution in [0.1, 0.15) is 6.92 Å². The Labute approximate surface area is 234 Å². The second-order valence-electron chi connectivity index (χ2n) is 8.51. The maximum Gasteiger partial charge on any atom is 0.303 e. The average Bonchev–Trinajstić information content (AvgIpc) is 2.90. The molecule has 1 N–H and O–H groups in total. The Morgan fingerprint density at radius 3 is 2.47 bits per heavy atom. The molecule has 9 nitrogen and oxygen atoms in total. The third kappa shape index (κ3) is 6.90. The molecule has 0 bridgehead atoms. The van der Waals surface area contributed by atoms with Gasteiger partial charge in [-0.3, -0.25) is 8.98 Å². The molecule has 4 rings (SSSR count). The van der Waals surface area contributed by atoms with E-state index in [-0.39, 0.29) is 11.5 Å². The van der Waals surface area contributed by atoms with Gasteiger partial charge in [0.15, 0.2) is 6.10 Å². The lowest BCUT2D eigenvalue weighted by atomic mass is 9.98. The Balaban J connectivity index is 1.57. The first-order valence-corrected chi connectivity index (χ1v) is 14.2. The summed E-state index contributed by atoms with van der Waals surface area (Å²) in [5, 5.41) is 12.7. The fourth-order valence-electron chi connectivity index (χ4n) is 4.01. The lowest BCUT2D eigenvalue weighted by Crippen LogP contribution is -2.62. The second-order valence-corrected chi connectivity index (χ2v) is 11.4. The van der Waals surface area contributed by atoms with Gasteiger partial charge in [0, 0.05) is 10.5 Å². The summed E-state index contributed by atoms with van der Waals surface area (Å²) in [6, 6.07) is 19.0. The van der Waals surface area contributed by atoms with Crippen molar-refractivity contribution >= 4 is 49.5 Å². The SMILES string of the molecule is C=CCO[C@H]1[C@H](O)[C@H](COS(=O)(=O)c2ccc3ccccc3c2)O[C@@H](Oc2ccc(I)cc2)[C@H]1OC(C)=O. The van der Waals surface area contributed by atoms with Crippen LogP contribution in [-0.4, -0.2) is 63.4 Å². The van der Waals surface area contributed by atoms with E-state index in [1.54, 1.807) is 24.3 Å². The van der Waals surface area contributed by atoms with Crippen LogP contribution in [0.4, 0.5) is 0 Å². The van der Waals surface area contributed by atoms with E-state index >= 15 is 0 Å². The molecule has 11 heteroatoms. The zero-order chi connectivity index (χ0) is 27.3. The molecule has 5 atom stereocenters. The highest BCUT2D eigenvalue weighted by Gasteiger charge is 2.49. The Morgan fingerprint density at radius 1 is 1.08 bits per heavy atom. The van der Waals surface area contributed by atoms with Crippen molar-refractivity contribution in [2.75, 3.05) is 13.2 Å². The number of esters is 1. The number of hydrogen-bond donors (Lipinski definition) is 1. The third-order valence-corrected chi connectivity index (χ3v) is 7.79. The summed E-state index contributed by atoms with van der Waals surface area (Å²) < 4.78 is 55.3. The summed E-state index contributed by atoms with van der Waals surface area (Å²) in [7, 11) is -4.20.